The molecule has 1 aromatic carbocycles. The Kier molecular flexibility index (Phi) is 6.80. The number of rotatable bonds is 9. The third kappa shape index (κ3) is 4.59. The highest BCUT2D eigenvalue weighted by atomic mass is 32.2. The topological polar surface area (TPSA) is 45.9 Å². The molecule has 0 aliphatic rings. The van der Waals surface area contributed by atoms with Crippen molar-refractivity contribution < 1.29 is 4.74 Å². The van der Waals surface area contributed by atoms with Gasteiger partial charge in [0.05, 0.1) is 18.5 Å². The van der Waals surface area contributed by atoms with E-state index in [4.69, 9.17) is 9.72 Å². The van der Waals surface area contributed by atoms with Crippen LogP contribution < -0.4 is 9.64 Å². The first kappa shape index (κ1) is 20.5. The molecule has 3 aromatic rings. The van der Waals surface area contributed by atoms with E-state index in [0.29, 0.717) is 0 Å². The van der Waals surface area contributed by atoms with Crippen LogP contribution in [0.1, 0.15) is 13.3 Å². The molecule has 0 aliphatic heterocycles. The molecule has 2 aromatic heterocycles. The van der Waals surface area contributed by atoms with Crippen LogP contribution in [0.3, 0.4) is 0 Å². The van der Waals surface area contributed by atoms with Gasteiger partial charge in [-0.05, 0) is 51.0 Å². The molecule has 6 nitrogen and oxygen atoms in total. The van der Waals surface area contributed by atoms with Gasteiger partial charge in [0.2, 0.25) is 0 Å². The van der Waals surface area contributed by atoms with Gasteiger partial charge >= 0.3 is 0 Å². The van der Waals surface area contributed by atoms with Gasteiger partial charge in [0.25, 0.3) is 0 Å². The monoisotopic (exact) mass is 399 g/mol. The van der Waals surface area contributed by atoms with Crippen molar-refractivity contribution in [3.63, 3.8) is 0 Å². The first-order chi connectivity index (χ1) is 13.5. The molecule has 150 valence electrons. The van der Waals surface area contributed by atoms with Crippen LogP contribution in [0.25, 0.3) is 16.9 Å². The summed E-state index contributed by atoms with van der Waals surface area (Å²) in [5, 5.41) is 0.962. The molecule has 0 N–H and O–H groups in total. The van der Waals surface area contributed by atoms with E-state index in [9.17, 15) is 0 Å². The molecule has 0 atom stereocenters. The number of thioether (sulfide) groups is 1. The molecule has 0 fully saturated rings. The quantitative estimate of drug-likeness (QED) is 0.402. The lowest BCUT2D eigenvalue weighted by Gasteiger charge is -2.23. The Morgan fingerprint density at radius 3 is 2.68 bits per heavy atom. The molecular weight excluding hydrogens is 370 g/mol. The summed E-state index contributed by atoms with van der Waals surface area (Å²) < 4.78 is 7.65. The lowest BCUT2D eigenvalue weighted by Crippen LogP contribution is -2.23. The Hall–Kier alpha value is -2.25. The summed E-state index contributed by atoms with van der Waals surface area (Å²) in [7, 11) is 8.03. The van der Waals surface area contributed by atoms with Crippen LogP contribution in [0.2, 0.25) is 0 Å². The molecule has 7 heteroatoms. The number of imidazole rings is 1. The Bertz CT molecular complexity index is 924. The van der Waals surface area contributed by atoms with E-state index in [0.717, 1.165) is 58.8 Å². The number of methoxy groups -OCH3 is 1. The van der Waals surface area contributed by atoms with Crippen molar-refractivity contribution in [1.82, 2.24) is 19.3 Å². The summed E-state index contributed by atoms with van der Waals surface area (Å²) >= 11 is 1.72. The van der Waals surface area contributed by atoms with Crippen LogP contribution in [0, 0.1) is 0 Å². The minimum absolute atomic E-state index is 0.876. The largest absolute Gasteiger partial charge is 0.495 e. The molecule has 2 heterocycles. The van der Waals surface area contributed by atoms with Gasteiger partial charge in [0.1, 0.15) is 11.4 Å². The maximum Gasteiger partial charge on any atom is 0.174 e. The fourth-order valence-electron chi connectivity index (χ4n) is 3.17. The number of benzene rings is 1. The maximum absolute atomic E-state index is 5.61. The summed E-state index contributed by atoms with van der Waals surface area (Å²) in [6.07, 6.45) is 4.87. The Labute approximate surface area is 171 Å². The molecule has 3 rings (SSSR count). The average molecular weight is 400 g/mol. The van der Waals surface area contributed by atoms with E-state index < -0.39 is 0 Å². The molecule has 0 unspecified atom stereocenters. The zero-order valence-corrected chi connectivity index (χ0v) is 18.2. The summed E-state index contributed by atoms with van der Waals surface area (Å²) in [5.41, 5.74) is 3.99. The summed E-state index contributed by atoms with van der Waals surface area (Å²) in [6, 6.07) is 8.30. The fourth-order valence-corrected chi connectivity index (χ4v) is 3.88. The molecular formula is C21H29N5OS. The fraction of sp³-hybridized carbons (Fsp3) is 0.429. The summed E-state index contributed by atoms with van der Waals surface area (Å²) in [5.74, 6) is 1.84. The molecule has 0 saturated heterocycles. The summed E-state index contributed by atoms with van der Waals surface area (Å²) in [4.78, 5) is 13.8. The number of ether oxygens (including phenoxy) is 1. The van der Waals surface area contributed by atoms with Crippen molar-refractivity contribution in [2.45, 2.75) is 18.5 Å². The van der Waals surface area contributed by atoms with E-state index in [2.05, 4.69) is 55.0 Å². The molecule has 0 amide bonds. The first-order valence-electron chi connectivity index (χ1n) is 9.54. The predicted octanol–water partition coefficient (Wildman–Crippen LogP) is 3.90. The average Bonchev–Trinajstić information content (AvgIpc) is 3.16. The highest BCUT2D eigenvalue weighted by molar-refractivity contribution is 7.99. The van der Waals surface area contributed by atoms with Gasteiger partial charge < -0.3 is 14.5 Å². The SMILES string of the molecule is CCSc1nc(-c2ccc(OC)c(N(C)CCCN(C)C)c2)cc2nccn12. The lowest BCUT2D eigenvalue weighted by atomic mass is 10.1. The van der Waals surface area contributed by atoms with Crippen LogP contribution in [0.5, 0.6) is 5.75 Å². The van der Waals surface area contributed by atoms with Crippen LogP contribution in [0.15, 0.2) is 41.8 Å². The third-order valence-corrected chi connectivity index (χ3v) is 5.45. The predicted molar refractivity (Wildman–Crippen MR) is 118 cm³/mol. The number of hydrogen-bond donors (Lipinski definition) is 0. The van der Waals surface area contributed by atoms with Gasteiger partial charge in [0.15, 0.2) is 5.16 Å². The first-order valence-corrected chi connectivity index (χ1v) is 10.5. The minimum Gasteiger partial charge on any atom is -0.495 e. The van der Waals surface area contributed by atoms with Crippen LogP contribution >= 0.6 is 11.8 Å². The van der Waals surface area contributed by atoms with E-state index in [-0.39, 0.29) is 0 Å². The number of fused-ring (bicyclic) bond motifs is 1. The van der Waals surface area contributed by atoms with Gasteiger partial charge in [-0.15, -0.1) is 0 Å². The normalized spacial score (nSPS) is 11.4. The summed E-state index contributed by atoms with van der Waals surface area (Å²) in [6.45, 7) is 4.15. The Morgan fingerprint density at radius 1 is 1.14 bits per heavy atom. The Balaban J connectivity index is 1.95. The second-order valence-electron chi connectivity index (χ2n) is 6.98. The molecule has 0 saturated carbocycles. The zero-order chi connectivity index (χ0) is 20.1. The molecule has 0 spiro atoms. The van der Waals surface area contributed by atoms with Gasteiger partial charge in [-0.25, -0.2) is 9.97 Å². The van der Waals surface area contributed by atoms with Crippen LogP contribution in [-0.4, -0.2) is 66.4 Å². The number of aromatic nitrogens is 3. The van der Waals surface area contributed by atoms with Crippen molar-refractivity contribution in [1.29, 1.82) is 0 Å². The van der Waals surface area contributed by atoms with Crippen LogP contribution in [0.4, 0.5) is 5.69 Å². The van der Waals surface area contributed by atoms with Gasteiger partial charge in [0, 0.05) is 37.6 Å². The Morgan fingerprint density at radius 2 is 1.96 bits per heavy atom. The molecule has 0 aliphatic carbocycles. The highest BCUT2D eigenvalue weighted by Gasteiger charge is 2.13. The second-order valence-corrected chi connectivity index (χ2v) is 8.21. The van der Waals surface area contributed by atoms with Crippen LogP contribution in [-0.2, 0) is 0 Å². The number of hydrogen-bond acceptors (Lipinski definition) is 6. The van der Waals surface area contributed by atoms with Crippen molar-refractivity contribution >= 4 is 23.1 Å². The highest BCUT2D eigenvalue weighted by Crippen LogP contribution is 2.33. The second kappa shape index (κ2) is 9.30. The number of nitrogens with zero attached hydrogens (tertiary/aromatic N) is 5. The van der Waals surface area contributed by atoms with E-state index in [1.54, 1.807) is 18.9 Å². The minimum atomic E-state index is 0.876. The van der Waals surface area contributed by atoms with Crippen molar-refractivity contribution in [2.75, 3.05) is 52.0 Å². The van der Waals surface area contributed by atoms with E-state index in [1.807, 2.05) is 28.9 Å². The van der Waals surface area contributed by atoms with E-state index in [1.165, 1.54) is 0 Å². The number of anilines is 1. The molecule has 0 radical (unpaired) electrons. The van der Waals surface area contributed by atoms with Crippen molar-refractivity contribution in [2.24, 2.45) is 0 Å². The third-order valence-electron chi connectivity index (χ3n) is 4.62. The molecule has 28 heavy (non-hydrogen) atoms. The molecule has 0 bridgehead atoms. The smallest absolute Gasteiger partial charge is 0.174 e. The van der Waals surface area contributed by atoms with Gasteiger partial charge in [-0.1, -0.05) is 18.7 Å². The van der Waals surface area contributed by atoms with Crippen molar-refractivity contribution in [3.05, 3.63) is 36.7 Å². The zero-order valence-electron chi connectivity index (χ0n) is 17.3. The van der Waals surface area contributed by atoms with E-state index >= 15 is 0 Å². The lowest BCUT2D eigenvalue weighted by molar-refractivity contribution is 0.399. The maximum atomic E-state index is 5.61. The van der Waals surface area contributed by atoms with Gasteiger partial charge in [-0.2, -0.15) is 0 Å². The standard InChI is InChI=1S/C21H29N5OS/c1-6-28-21-23-17(15-20-22-10-13-26(20)21)16-8-9-19(27-5)18(14-16)25(4)12-7-11-24(2)3/h8-10,13-15H,6-7,11-12H2,1-5H3. The van der Waals surface area contributed by atoms with Crippen molar-refractivity contribution in [3.8, 4) is 17.0 Å². The van der Waals surface area contributed by atoms with Gasteiger partial charge in [-0.3, -0.25) is 4.40 Å².